The van der Waals surface area contributed by atoms with Crippen LogP contribution in [0.25, 0.3) is 22.2 Å². The summed E-state index contributed by atoms with van der Waals surface area (Å²) < 4.78 is 0. The quantitative estimate of drug-likeness (QED) is 0.380. The molecule has 0 fully saturated rings. The molecule has 3 aromatic carbocycles. The lowest BCUT2D eigenvalue weighted by Gasteiger charge is -2.10. The first-order chi connectivity index (χ1) is 16.5. The molecule has 0 atom stereocenters. The number of carbonyl (C=O) groups is 2. The monoisotopic (exact) mass is 447 g/mol. The molecule has 2 N–H and O–H groups in total. The van der Waals surface area contributed by atoms with Crippen molar-refractivity contribution in [3.63, 3.8) is 0 Å². The van der Waals surface area contributed by atoms with Crippen LogP contribution >= 0.6 is 0 Å². The number of phenols is 2. The van der Waals surface area contributed by atoms with Crippen molar-refractivity contribution in [3.8, 4) is 22.8 Å². The third-order valence-electron chi connectivity index (χ3n) is 5.35. The van der Waals surface area contributed by atoms with Gasteiger partial charge in [-0.15, -0.1) is 0 Å². The van der Waals surface area contributed by atoms with Crippen LogP contribution in [-0.4, -0.2) is 36.7 Å². The highest BCUT2D eigenvalue weighted by Gasteiger charge is 2.24. The number of ketones is 2. The summed E-state index contributed by atoms with van der Waals surface area (Å²) in [5.41, 5.74) is 2.14. The Morgan fingerprint density at radius 3 is 1.88 bits per heavy atom. The molecule has 7 nitrogen and oxygen atoms in total. The lowest BCUT2D eigenvalue weighted by molar-refractivity contribution is 0.0996. The molecule has 0 aliphatic heterocycles. The fourth-order valence-corrected chi connectivity index (χ4v) is 3.56. The fourth-order valence-electron chi connectivity index (χ4n) is 3.56. The Hall–Kier alpha value is -4.91. The first-order valence-electron chi connectivity index (χ1n) is 10.4. The predicted octanol–water partition coefficient (Wildman–Crippen LogP) is 4.57. The van der Waals surface area contributed by atoms with Crippen LogP contribution in [0.4, 0.5) is 0 Å². The van der Waals surface area contributed by atoms with E-state index in [4.69, 9.17) is 0 Å². The Kier molecular flexibility index (Phi) is 5.27. The molecule has 0 amide bonds. The molecule has 0 unspecified atom stereocenters. The zero-order valence-electron chi connectivity index (χ0n) is 17.7. The van der Waals surface area contributed by atoms with E-state index in [0.717, 1.165) is 10.9 Å². The van der Waals surface area contributed by atoms with Gasteiger partial charge in [0.15, 0.2) is 0 Å². The van der Waals surface area contributed by atoms with Gasteiger partial charge in [-0.3, -0.25) is 14.6 Å². The van der Waals surface area contributed by atoms with E-state index in [-0.39, 0.29) is 34.0 Å². The summed E-state index contributed by atoms with van der Waals surface area (Å²) in [6, 6.07) is 20.9. The number of benzene rings is 3. The topological polar surface area (TPSA) is 113 Å². The Balaban J connectivity index is 1.64. The van der Waals surface area contributed by atoms with E-state index in [9.17, 15) is 19.8 Å². The minimum absolute atomic E-state index is 0.0130. The minimum Gasteiger partial charge on any atom is -0.508 e. The number of hydrogen-bond acceptors (Lipinski definition) is 7. The summed E-state index contributed by atoms with van der Waals surface area (Å²) in [4.78, 5) is 39.9. The van der Waals surface area contributed by atoms with E-state index in [1.165, 1.54) is 54.7 Å². The molecule has 5 aromatic rings. The molecule has 0 spiro atoms. The molecule has 0 saturated carbocycles. The molecule has 2 aromatic heterocycles. The zero-order chi connectivity index (χ0) is 23.7. The molecule has 0 aliphatic rings. The van der Waals surface area contributed by atoms with E-state index in [1.807, 2.05) is 30.3 Å². The number of aromatic hydroxyl groups is 2. The van der Waals surface area contributed by atoms with Crippen LogP contribution in [0.5, 0.6) is 11.5 Å². The lowest BCUT2D eigenvalue weighted by atomic mass is 10.0. The number of aromatic nitrogens is 3. The molecule has 34 heavy (non-hydrogen) atoms. The first kappa shape index (κ1) is 21.0. The van der Waals surface area contributed by atoms with E-state index >= 15 is 0 Å². The van der Waals surface area contributed by atoms with E-state index < -0.39 is 11.6 Å². The van der Waals surface area contributed by atoms with Gasteiger partial charge in [-0.1, -0.05) is 18.2 Å². The van der Waals surface area contributed by atoms with Crippen molar-refractivity contribution in [3.05, 3.63) is 114 Å². The van der Waals surface area contributed by atoms with Gasteiger partial charge in [0, 0.05) is 28.3 Å². The van der Waals surface area contributed by atoms with Gasteiger partial charge in [-0.2, -0.15) is 0 Å². The highest BCUT2D eigenvalue weighted by atomic mass is 16.3. The average Bonchev–Trinajstić information content (AvgIpc) is 2.88. The van der Waals surface area contributed by atoms with Crippen molar-refractivity contribution < 1.29 is 19.8 Å². The molecule has 7 heteroatoms. The summed E-state index contributed by atoms with van der Waals surface area (Å²) in [5.74, 6) is -0.982. The van der Waals surface area contributed by atoms with Crippen molar-refractivity contribution in [1.82, 2.24) is 15.0 Å². The van der Waals surface area contributed by atoms with Crippen molar-refractivity contribution in [1.29, 1.82) is 0 Å². The SMILES string of the molecule is O=C(c1ccc(O)cc1)c1ncc(-c2cnc3ccccc3c2)nc1C(=O)c1ccc(O)cc1. The maximum absolute atomic E-state index is 13.4. The van der Waals surface area contributed by atoms with Crippen molar-refractivity contribution in [2.45, 2.75) is 0 Å². The summed E-state index contributed by atoms with van der Waals surface area (Å²) >= 11 is 0. The first-order valence-corrected chi connectivity index (χ1v) is 10.4. The Morgan fingerprint density at radius 2 is 1.24 bits per heavy atom. The summed E-state index contributed by atoms with van der Waals surface area (Å²) in [5, 5.41) is 20.0. The van der Waals surface area contributed by atoms with Crippen LogP contribution in [0.1, 0.15) is 32.1 Å². The molecular formula is C27H17N3O4. The van der Waals surface area contributed by atoms with Gasteiger partial charge in [0.05, 0.1) is 17.4 Å². The molecule has 0 saturated heterocycles. The highest BCUT2D eigenvalue weighted by molar-refractivity contribution is 6.18. The number of fused-ring (bicyclic) bond motifs is 1. The van der Waals surface area contributed by atoms with Crippen LogP contribution in [0, 0.1) is 0 Å². The molecule has 164 valence electrons. The lowest BCUT2D eigenvalue weighted by Crippen LogP contribution is -2.16. The molecule has 0 bridgehead atoms. The van der Waals surface area contributed by atoms with Gasteiger partial charge in [-0.05, 0) is 60.7 Å². The van der Waals surface area contributed by atoms with Crippen molar-refractivity contribution in [2.24, 2.45) is 0 Å². The largest absolute Gasteiger partial charge is 0.508 e. The zero-order valence-corrected chi connectivity index (χ0v) is 17.7. The summed E-state index contributed by atoms with van der Waals surface area (Å²) in [6.45, 7) is 0. The average molecular weight is 447 g/mol. The van der Waals surface area contributed by atoms with Gasteiger partial charge in [0.1, 0.15) is 22.9 Å². The maximum Gasteiger partial charge on any atom is 0.213 e. The third-order valence-corrected chi connectivity index (χ3v) is 5.35. The number of phenolic OH excluding ortho intramolecular Hbond substituents is 2. The van der Waals surface area contributed by atoms with Gasteiger partial charge >= 0.3 is 0 Å². The second kappa shape index (κ2) is 8.55. The number of pyridine rings is 1. The van der Waals surface area contributed by atoms with Crippen LogP contribution in [0.3, 0.4) is 0 Å². The van der Waals surface area contributed by atoms with E-state index in [2.05, 4.69) is 15.0 Å². The van der Waals surface area contributed by atoms with E-state index in [0.29, 0.717) is 11.3 Å². The second-order valence-electron chi connectivity index (χ2n) is 7.62. The molecule has 2 heterocycles. The van der Waals surface area contributed by atoms with E-state index in [1.54, 1.807) is 6.20 Å². The normalized spacial score (nSPS) is 10.8. The van der Waals surface area contributed by atoms with Gasteiger partial charge < -0.3 is 10.2 Å². The van der Waals surface area contributed by atoms with Gasteiger partial charge in [0.25, 0.3) is 0 Å². The Labute approximate surface area is 194 Å². The van der Waals surface area contributed by atoms with Crippen molar-refractivity contribution >= 4 is 22.5 Å². The number of para-hydroxylation sites is 1. The molecule has 0 aliphatic carbocycles. The summed E-state index contributed by atoms with van der Waals surface area (Å²) in [7, 11) is 0. The summed E-state index contributed by atoms with van der Waals surface area (Å²) in [6.07, 6.45) is 3.08. The van der Waals surface area contributed by atoms with Crippen LogP contribution in [0.2, 0.25) is 0 Å². The number of nitrogens with zero attached hydrogens (tertiary/aromatic N) is 3. The maximum atomic E-state index is 13.4. The smallest absolute Gasteiger partial charge is 0.213 e. The predicted molar refractivity (Wildman–Crippen MR) is 126 cm³/mol. The molecular weight excluding hydrogens is 430 g/mol. The fraction of sp³-hybridized carbons (Fsp3) is 0. The van der Waals surface area contributed by atoms with Crippen molar-refractivity contribution in [2.75, 3.05) is 0 Å². The van der Waals surface area contributed by atoms with Crippen LogP contribution in [0.15, 0.2) is 91.3 Å². The third kappa shape index (κ3) is 3.98. The number of rotatable bonds is 5. The van der Waals surface area contributed by atoms with Gasteiger partial charge in [-0.25, -0.2) is 9.97 Å². The Bertz CT molecular complexity index is 1550. The minimum atomic E-state index is -0.509. The molecule has 5 rings (SSSR count). The number of carbonyl (C=O) groups excluding carboxylic acids is 2. The Morgan fingerprint density at radius 1 is 0.647 bits per heavy atom. The highest BCUT2D eigenvalue weighted by Crippen LogP contribution is 2.24. The standard InChI is InChI=1S/C27H17N3O4/c31-20-9-5-16(6-10-20)26(33)24-25(27(34)17-7-11-21(32)12-8-17)30-23(15-29-24)19-13-18-3-1-2-4-22(18)28-14-19/h1-15,31-32H. The van der Waals surface area contributed by atoms with Crippen LogP contribution in [-0.2, 0) is 0 Å². The number of hydrogen-bond donors (Lipinski definition) is 2. The second-order valence-corrected chi connectivity index (χ2v) is 7.62. The van der Waals surface area contributed by atoms with Gasteiger partial charge in [0.2, 0.25) is 11.6 Å². The van der Waals surface area contributed by atoms with Crippen LogP contribution < -0.4 is 0 Å². The molecule has 0 radical (unpaired) electrons.